The highest BCUT2D eigenvalue weighted by Gasteiger charge is 2.30. The SMILES string of the molecule is CCOC(=O)N1CCc2c(sc(NC(=O)c3c(C)cnn3C)c2C(N)=O)C1. The van der Waals surface area contributed by atoms with Gasteiger partial charge in [-0.3, -0.25) is 14.3 Å². The quantitative estimate of drug-likeness (QED) is 0.821. The van der Waals surface area contributed by atoms with Crippen molar-refractivity contribution in [3.8, 4) is 0 Å². The Labute approximate surface area is 160 Å². The molecular weight excluding hydrogens is 370 g/mol. The molecule has 2 aromatic heterocycles. The average molecular weight is 391 g/mol. The first kappa shape index (κ1) is 18.9. The molecule has 1 aliphatic heterocycles. The lowest BCUT2D eigenvalue weighted by atomic mass is 10.0. The number of nitrogens with two attached hydrogens (primary N) is 1. The summed E-state index contributed by atoms with van der Waals surface area (Å²) in [6.45, 7) is 4.58. The molecule has 1 aliphatic rings. The maximum atomic E-state index is 12.7. The number of carbonyl (C=O) groups is 3. The highest BCUT2D eigenvalue weighted by molar-refractivity contribution is 7.17. The Kier molecular flexibility index (Phi) is 5.17. The number of aromatic nitrogens is 2. The second-order valence-corrected chi connectivity index (χ2v) is 7.30. The fraction of sp³-hybridized carbons (Fsp3) is 0.412. The van der Waals surface area contributed by atoms with Gasteiger partial charge in [-0.05, 0) is 31.4 Å². The molecule has 0 unspecified atom stereocenters. The van der Waals surface area contributed by atoms with E-state index in [0.717, 1.165) is 16.0 Å². The van der Waals surface area contributed by atoms with Gasteiger partial charge in [0.2, 0.25) is 0 Å². The van der Waals surface area contributed by atoms with Gasteiger partial charge in [0.05, 0.1) is 24.9 Å². The van der Waals surface area contributed by atoms with E-state index in [1.807, 2.05) is 0 Å². The highest BCUT2D eigenvalue weighted by atomic mass is 32.1. The van der Waals surface area contributed by atoms with Crippen LogP contribution in [0.3, 0.4) is 0 Å². The lowest BCUT2D eigenvalue weighted by Gasteiger charge is -2.26. The van der Waals surface area contributed by atoms with Crippen LogP contribution in [0.15, 0.2) is 6.20 Å². The Morgan fingerprint density at radius 1 is 1.41 bits per heavy atom. The van der Waals surface area contributed by atoms with E-state index in [4.69, 9.17) is 10.5 Å². The fourth-order valence-corrected chi connectivity index (χ4v) is 4.42. The zero-order valence-electron chi connectivity index (χ0n) is 15.4. The molecule has 144 valence electrons. The number of amides is 3. The van der Waals surface area contributed by atoms with Gasteiger partial charge in [0, 0.05) is 18.5 Å². The minimum absolute atomic E-state index is 0.296. The molecule has 0 saturated heterocycles. The Morgan fingerprint density at radius 3 is 2.74 bits per heavy atom. The standard InChI is InChI=1S/C17H21N5O4S/c1-4-26-17(25)22-6-5-10-11(8-22)27-16(12(10)14(18)23)20-15(24)13-9(2)7-19-21(13)3/h7H,4-6,8H2,1-3H3,(H2,18,23)(H,20,24). The zero-order chi connectivity index (χ0) is 19.7. The lowest BCUT2D eigenvalue weighted by Crippen LogP contribution is -2.36. The van der Waals surface area contributed by atoms with Crippen LogP contribution in [-0.4, -0.2) is 45.7 Å². The van der Waals surface area contributed by atoms with Crippen molar-refractivity contribution in [2.24, 2.45) is 12.8 Å². The average Bonchev–Trinajstić information content (AvgIpc) is 3.13. The molecule has 27 heavy (non-hydrogen) atoms. The summed E-state index contributed by atoms with van der Waals surface area (Å²) in [6.07, 6.45) is 1.68. The van der Waals surface area contributed by atoms with Crippen molar-refractivity contribution in [2.75, 3.05) is 18.5 Å². The Morgan fingerprint density at radius 2 is 2.15 bits per heavy atom. The Balaban J connectivity index is 1.90. The van der Waals surface area contributed by atoms with E-state index in [1.54, 1.807) is 32.0 Å². The molecule has 0 radical (unpaired) electrons. The van der Waals surface area contributed by atoms with E-state index in [-0.39, 0.29) is 5.91 Å². The predicted molar refractivity (Wildman–Crippen MR) is 99.9 cm³/mol. The van der Waals surface area contributed by atoms with Crippen LogP contribution in [0.25, 0.3) is 0 Å². The second kappa shape index (κ2) is 7.39. The van der Waals surface area contributed by atoms with Gasteiger partial charge < -0.3 is 20.7 Å². The number of nitrogens with one attached hydrogen (secondary N) is 1. The van der Waals surface area contributed by atoms with Crippen molar-refractivity contribution >= 4 is 34.2 Å². The molecule has 0 fully saturated rings. The van der Waals surface area contributed by atoms with Gasteiger partial charge in [0.25, 0.3) is 11.8 Å². The summed E-state index contributed by atoms with van der Waals surface area (Å²) < 4.78 is 6.52. The molecule has 0 bridgehead atoms. The number of primary amides is 1. The number of nitrogens with zero attached hydrogens (tertiary/aromatic N) is 3. The summed E-state index contributed by atoms with van der Waals surface area (Å²) in [5.41, 5.74) is 7.80. The molecule has 9 nitrogen and oxygen atoms in total. The van der Waals surface area contributed by atoms with Crippen molar-refractivity contribution in [1.82, 2.24) is 14.7 Å². The summed E-state index contributed by atoms with van der Waals surface area (Å²) in [6, 6.07) is 0. The number of rotatable bonds is 4. The monoisotopic (exact) mass is 391 g/mol. The van der Waals surface area contributed by atoms with Gasteiger partial charge >= 0.3 is 6.09 Å². The smallest absolute Gasteiger partial charge is 0.410 e. The van der Waals surface area contributed by atoms with Crippen molar-refractivity contribution < 1.29 is 19.1 Å². The number of anilines is 1. The van der Waals surface area contributed by atoms with Gasteiger partial charge in [0.1, 0.15) is 10.7 Å². The van der Waals surface area contributed by atoms with Crippen molar-refractivity contribution in [2.45, 2.75) is 26.8 Å². The maximum Gasteiger partial charge on any atom is 0.410 e. The molecule has 2 aromatic rings. The number of fused-ring (bicyclic) bond motifs is 1. The van der Waals surface area contributed by atoms with Crippen LogP contribution in [0, 0.1) is 6.92 Å². The summed E-state index contributed by atoms with van der Waals surface area (Å²) in [7, 11) is 1.67. The van der Waals surface area contributed by atoms with E-state index < -0.39 is 12.0 Å². The molecule has 10 heteroatoms. The normalized spacial score (nSPS) is 13.2. The lowest BCUT2D eigenvalue weighted by molar-refractivity contribution is 0.0997. The van der Waals surface area contributed by atoms with E-state index in [2.05, 4.69) is 10.4 Å². The minimum Gasteiger partial charge on any atom is -0.450 e. The van der Waals surface area contributed by atoms with Gasteiger partial charge in [-0.1, -0.05) is 0 Å². The summed E-state index contributed by atoms with van der Waals surface area (Å²) in [5, 5.41) is 7.24. The van der Waals surface area contributed by atoms with Gasteiger partial charge in [-0.25, -0.2) is 4.79 Å². The van der Waals surface area contributed by atoms with Crippen LogP contribution in [-0.2, 0) is 24.8 Å². The molecular formula is C17H21N5O4S. The molecule has 0 atom stereocenters. The number of ether oxygens (including phenoxy) is 1. The number of hydrogen-bond donors (Lipinski definition) is 2. The van der Waals surface area contributed by atoms with Crippen molar-refractivity contribution in [1.29, 1.82) is 0 Å². The van der Waals surface area contributed by atoms with Gasteiger partial charge in [-0.15, -0.1) is 11.3 Å². The predicted octanol–water partition coefficient (Wildman–Crippen LogP) is 1.66. The van der Waals surface area contributed by atoms with Crippen LogP contribution in [0.1, 0.15) is 43.8 Å². The second-order valence-electron chi connectivity index (χ2n) is 6.20. The maximum absolute atomic E-state index is 12.7. The van der Waals surface area contributed by atoms with Crippen molar-refractivity contribution in [3.63, 3.8) is 0 Å². The summed E-state index contributed by atoms with van der Waals surface area (Å²) >= 11 is 1.25. The molecule has 3 heterocycles. The van der Waals surface area contributed by atoms with Crippen LogP contribution >= 0.6 is 11.3 Å². The summed E-state index contributed by atoms with van der Waals surface area (Å²) in [5.74, 6) is -0.968. The Hall–Kier alpha value is -2.88. The number of aryl methyl sites for hydroxylation is 2. The van der Waals surface area contributed by atoms with E-state index in [1.165, 1.54) is 16.0 Å². The number of hydrogen-bond acceptors (Lipinski definition) is 6. The van der Waals surface area contributed by atoms with Crippen LogP contribution < -0.4 is 11.1 Å². The van der Waals surface area contributed by atoms with Gasteiger partial charge in [0.15, 0.2) is 0 Å². The van der Waals surface area contributed by atoms with Crippen LogP contribution in [0.4, 0.5) is 9.80 Å². The number of thiophene rings is 1. The molecule has 0 saturated carbocycles. The highest BCUT2D eigenvalue weighted by Crippen LogP contribution is 2.37. The topological polar surface area (TPSA) is 120 Å². The first-order valence-corrected chi connectivity index (χ1v) is 9.31. The van der Waals surface area contributed by atoms with Crippen molar-refractivity contribution in [3.05, 3.63) is 33.5 Å². The largest absolute Gasteiger partial charge is 0.450 e. The van der Waals surface area contributed by atoms with Crippen LogP contribution in [0.2, 0.25) is 0 Å². The molecule has 3 N–H and O–H groups in total. The van der Waals surface area contributed by atoms with E-state index in [0.29, 0.717) is 42.4 Å². The molecule has 3 rings (SSSR count). The third kappa shape index (κ3) is 3.52. The first-order valence-electron chi connectivity index (χ1n) is 8.49. The molecule has 0 aromatic carbocycles. The summed E-state index contributed by atoms with van der Waals surface area (Å²) in [4.78, 5) is 39.1. The number of carbonyl (C=O) groups excluding carboxylic acids is 3. The fourth-order valence-electron chi connectivity index (χ4n) is 3.16. The third-order valence-electron chi connectivity index (χ3n) is 4.39. The first-order chi connectivity index (χ1) is 12.8. The minimum atomic E-state index is -0.603. The van der Waals surface area contributed by atoms with E-state index in [9.17, 15) is 14.4 Å². The Bertz CT molecular complexity index is 897. The molecule has 3 amide bonds. The van der Waals surface area contributed by atoms with Crippen LogP contribution in [0.5, 0.6) is 0 Å². The zero-order valence-corrected chi connectivity index (χ0v) is 16.2. The van der Waals surface area contributed by atoms with Gasteiger partial charge in [-0.2, -0.15) is 5.10 Å². The molecule has 0 aliphatic carbocycles. The molecule has 0 spiro atoms. The third-order valence-corrected chi connectivity index (χ3v) is 5.53. The van der Waals surface area contributed by atoms with E-state index >= 15 is 0 Å².